The lowest BCUT2D eigenvalue weighted by Gasteiger charge is -2.35. The maximum absolute atomic E-state index is 12.9. The number of nitrogens with zero attached hydrogens (tertiary/aromatic N) is 1. The van der Waals surface area contributed by atoms with Crippen LogP contribution in [0.3, 0.4) is 0 Å². The second-order valence-corrected chi connectivity index (χ2v) is 7.96. The molecule has 2 atom stereocenters. The quantitative estimate of drug-likeness (QED) is 0.621. The molecule has 0 aliphatic carbocycles. The highest BCUT2D eigenvalue weighted by Gasteiger charge is 2.35. The van der Waals surface area contributed by atoms with Crippen LogP contribution < -0.4 is 10.6 Å². The van der Waals surface area contributed by atoms with Crippen molar-refractivity contribution in [1.82, 2.24) is 15.5 Å². The highest BCUT2D eigenvalue weighted by molar-refractivity contribution is 6.30. The van der Waals surface area contributed by atoms with E-state index in [1.807, 2.05) is 0 Å². The van der Waals surface area contributed by atoms with E-state index in [-0.39, 0.29) is 18.5 Å². The lowest BCUT2D eigenvalue weighted by molar-refractivity contribution is -0.150. The first-order valence-corrected chi connectivity index (χ1v) is 10.9. The van der Waals surface area contributed by atoms with E-state index in [2.05, 4.69) is 15.5 Å². The van der Waals surface area contributed by atoms with Gasteiger partial charge in [0, 0.05) is 23.8 Å². The second-order valence-electron chi connectivity index (χ2n) is 7.52. The number of ether oxygens (including phenoxy) is 2. The molecule has 1 saturated heterocycles. The van der Waals surface area contributed by atoms with Crippen LogP contribution in [0.15, 0.2) is 35.5 Å². The predicted octanol–water partition coefficient (Wildman–Crippen LogP) is 2.79. The average molecular weight is 450 g/mol. The van der Waals surface area contributed by atoms with Crippen LogP contribution in [-0.4, -0.2) is 55.7 Å². The molecule has 3 rings (SSSR count). The van der Waals surface area contributed by atoms with Gasteiger partial charge in [0.2, 0.25) is 0 Å². The number of carbonyl (C=O) groups excluding carboxylic acids is 3. The van der Waals surface area contributed by atoms with Crippen molar-refractivity contribution in [2.75, 3.05) is 32.8 Å². The summed E-state index contributed by atoms with van der Waals surface area (Å²) in [5, 5.41) is 6.15. The van der Waals surface area contributed by atoms with E-state index >= 15 is 0 Å². The monoisotopic (exact) mass is 449 g/mol. The van der Waals surface area contributed by atoms with Gasteiger partial charge in [-0.2, -0.15) is 0 Å². The van der Waals surface area contributed by atoms with Crippen molar-refractivity contribution < 1.29 is 23.9 Å². The minimum absolute atomic E-state index is 0.208. The van der Waals surface area contributed by atoms with Gasteiger partial charge in [-0.3, -0.25) is 9.69 Å². The molecule has 1 aromatic carbocycles. The molecule has 2 aliphatic rings. The van der Waals surface area contributed by atoms with Crippen LogP contribution in [0.1, 0.15) is 38.3 Å². The number of urea groups is 1. The van der Waals surface area contributed by atoms with Crippen molar-refractivity contribution in [3.8, 4) is 0 Å². The highest BCUT2D eigenvalue weighted by atomic mass is 35.5. The Labute approximate surface area is 186 Å². The zero-order valence-electron chi connectivity index (χ0n) is 17.8. The SMILES string of the molecule is CCOC(=O)C1=C(CN2CCC[C@@H](C(=O)OCC)C2)NC(=O)N[C@@H]1c1ccc(Cl)cc1. The summed E-state index contributed by atoms with van der Waals surface area (Å²) in [5.74, 6) is -0.922. The number of hydrogen-bond donors (Lipinski definition) is 2. The fourth-order valence-corrected chi connectivity index (χ4v) is 4.10. The standard InChI is InChI=1S/C22H28ClN3O5/c1-3-30-20(27)15-6-5-11-26(12-15)13-17-18(21(28)31-4-2)19(25-22(29)24-17)14-7-9-16(23)10-8-14/h7-10,15,19H,3-6,11-13H2,1-2H3,(H2,24,25,29)/t15-,19-/m1/s1. The Bertz CT molecular complexity index is 855. The minimum Gasteiger partial charge on any atom is -0.466 e. The largest absolute Gasteiger partial charge is 0.466 e. The van der Waals surface area contributed by atoms with E-state index in [1.54, 1.807) is 38.1 Å². The van der Waals surface area contributed by atoms with Crippen LogP contribution in [-0.2, 0) is 19.1 Å². The van der Waals surface area contributed by atoms with E-state index in [1.165, 1.54) is 0 Å². The van der Waals surface area contributed by atoms with E-state index in [0.29, 0.717) is 36.0 Å². The van der Waals surface area contributed by atoms with Crippen molar-refractivity contribution in [3.63, 3.8) is 0 Å². The van der Waals surface area contributed by atoms with Gasteiger partial charge in [-0.25, -0.2) is 9.59 Å². The third-order valence-electron chi connectivity index (χ3n) is 5.36. The van der Waals surface area contributed by atoms with Gasteiger partial charge >= 0.3 is 18.0 Å². The molecule has 2 amide bonds. The zero-order valence-corrected chi connectivity index (χ0v) is 18.5. The van der Waals surface area contributed by atoms with E-state index in [4.69, 9.17) is 21.1 Å². The zero-order chi connectivity index (χ0) is 22.4. The molecule has 8 nitrogen and oxygen atoms in total. The maximum Gasteiger partial charge on any atom is 0.338 e. The Morgan fingerprint density at radius 1 is 1.16 bits per heavy atom. The summed E-state index contributed by atoms with van der Waals surface area (Å²) in [7, 11) is 0. The van der Waals surface area contributed by atoms with Crippen molar-refractivity contribution in [2.24, 2.45) is 5.92 Å². The van der Waals surface area contributed by atoms with Crippen LogP contribution in [0, 0.1) is 5.92 Å². The summed E-state index contributed by atoms with van der Waals surface area (Å²) in [4.78, 5) is 39.5. The normalized spacial score (nSPS) is 21.8. The third-order valence-corrected chi connectivity index (χ3v) is 5.61. The van der Waals surface area contributed by atoms with Crippen LogP contribution in [0.2, 0.25) is 5.02 Å². The summed E-state index contributed by atoms with van der Waals surface area (Å²) < 4.78 is 10.5. The van der Waals surface area contributed by atoms with Gasteiger partial charge in [0.15, 0.2) is 0 Å². The predicted molar refractivity (Wildman–Crippen MR) is 115 cm³/mol. The lowest BCUT2D eigenvalue weighted by atomic mass is 9.94. The molecule has 0 radical (unpaired) electrons. The number of esters is 2. The molecular formula is C22H28ClN3O5. The van der Waals surface area contributed by atoms with Crippen LogP contribution in [0.5, 0.6) is 0 Å². The number of nitrogens with one attached hydrogen (secondary N) is 2. The van der Waals surface area contributed by atoms with Gasteiger partial charge in [0.05, 0.1) is 30.7 Å². The topological polar surface area (TPSA) is 97.0 Å². The van der Waals surface area contributed by atoms with Gasteiger partial charge in [-0.1, -0.05) is 23.7 Å². The van der Waals surface area contributed by atoms with Gasteiger partial charge in [-0.15, -0.1) is 0 Å². The number of amides is 2. The molecule has 2 aliphatic heterocycles. The molecule has 1 aromatic rings. The fourth-order valence-electron chi connectivity index (χ4n) is 3.97. The number of likely N-dealkylation sites (tertiary alicyclic amines) is 1. The molecular weight excluding hydrogens is 422 g/mol. The Kier molecular flexibility index (Phi) is 7.92. The number of piperidine rings is 1. The van der Waals surface area contributed by atoms with Gasteiger partial charge < -0.3 is 20.1 Å². The van der Waals surface area contributed by atoms with Crippen LogP contribution in [0.4, 0.5) is 4.79 Å². The molecule has 0 bridgehead atoms. The second kappa shape index (κ2) is 10.6. The van der Waals surface area contributed by atoms with Gasteiger partial charge in [0.1, 0.15) is 0 Å². The molecule has 0 spiro atoms. The first-order chi connectivity index (χ1) is 14.9. The lowest BCUT2D eigenvalue weighted by Crippen LogP contribution is -2.50. The Morgan fingerprint density at radius 2 is 1.87 bits per heavy atom. The molecule has 2 heterocycles. The molecule has 168 valence electrons. The molecule has 0 saturated carbocycles. The number of rotatable bonds is 7. The third kappa shape index (κ3) is 5.77. The Morgan fingerprint density at radius 3 is 2.55 bits per heavy atom. The average Bonchev–Trinajstić information content (AvgIpc) is 2.74. The van der Waals surface area contributed by atoms with Crippen molar-refractivity contribution in [3.05, 3.63) is 46.1 Å². The molecule has 0 aromatic heterocycles. The van der Waals surface area contributed by atoms with Crippen molar-refractivity contribution in [2.45, 2.75) is 32.7 Å². The highest BCUT2D eigenvalue weighted by Crippen LogP contribution is 2.30. The van der Waals surface area contributed by atoms with E-state index in [9.17, 15) is 14.4 Å². The molecule has 1 fully saturated rings. The smallest absolute Gasteiger partial charge is 0.338 e. The first-order valence-electron chi connectivity index (χ1n) is 10.5. The summed E-state index contributed by atoms with van der Waals surface area (Å²) in [5.41, 5.74) is 1.55. The van der Waals surface area contributed by atoms with Gasteiger partial charge in [-0.05, 0) is 50.9 Å². The molecule has 2 N–H and O–H groups in total. The van der Waals surface area contributed by atoms with E-state index in [0.717, 1.165) is 24.9 Å². The first kappa shape index (κ1) is 23.1. The number of hydrogen-bond acceptors (Lipinski definition) is 6. The maximum atomic E-state index is 12.9. The fraction of sp³-hybridized carbons (Fsp3) is 0.500. The van der Waals surface area contributed by atoms with Crippen molar-refractivity contribution >= 4 is 29.6 Å². The summed E-state index contributed by atoms with van der Waals surface area (Å²) in [6.07, 6.45) is 1.60. The van der Waals surface area contributed by atoms with Crippen LogP contribution >= 0.6 is 11.6 Å². The van der Waals surface area contributed by atoms with Crippen LogP contribution in [0.25, 0.3) is 0 Å². The molecule has 0 unspecified atom stereocenters. The van der Waals surface area contributed by atoms with Gasteiger partial charge in [0.25, 0.3) is 0 Å². The Hall–Kier alpha value is -2.58. The minimum atomic E-state index is -0.661. The molecule has 9 heteroatoms. The Balaban J connectivity index is 1.89. The van der Waals surface area contributed by atoms with E-state index < -0.39 is 18.0 Å². The number of halogens is 1. The molecule has 31 heavy (non-hydrogen) atoms. The number of carbonyl (C=O) groups is 3. The summed E-state index contributed by atoms with van der Waals surface area (Å²) >= 11 is 6.00. The summed E-state index contributed by atoms with van der Waals surface area (Å²) in [6, 6.07) is 5.90. The number of benzene rings is 1. The van der Waals surface area contributed by atoms with Crippen molar-refractivity contribution in [1.29, 1.82) is 0 Å². The summed E-state index contributed by atoms with van der Waals surface area (Å²) in [6.45, 7) is 5.66.